The van der Waals surface area contributed by atoms with E-state index in [4.69, 9.17) is 0 Å². The van der Waals surface area contributed by atoms with Crippen molar-refractivity contribution < 1.29 is 18.7 Å². The van der Waals surface area contributed by atoms with Gasteiger partial charge in [0.05, 0.1) is 18.5 Å². The standard InChI is InChI=1S/C16H24F2N4O2/c17-16(18)3-7-20(8-4-16)11-15(24)2-9-22(12-15)14(23)1-6-21-10-5-19-13-21/h5,10,13,24H,1-4,6-9,11-12H2/t15-/m1/s1. The molecule has 2 fully saturated rings. The first kappa shape index (κ1) is 17.3. The number of carbonyl (C=O) groups excluding carboxylic acids is 1. The highest BCUT2D eigenvalue weighted by Gasteiger charge is 2.41. The van der Waals surface area contributed by atoms with Gasteiger partial charge in [-0.2, -0.15) is 0 Å². The lowest BCUT2D eigenvalue weighted by Gasteiger charge is -2.36. The minimum atomic E-state index is -2.58. The number of aliphatic hydroxyl groups is 1. The molecule has 0 radical (unpaired) electrons. The molecule has 1 atom stereocenters. The summed E-state index contributed by atoms with van der Waals surface area (Å²) in [7, 11) is 0. The summed E-state index contributed by atoms with van der Waals surface area (Å²) in [4.78, 5) is 19.8. The Kier molecular flexibility index (Phi) is 4.87. The number of amides is 1. The fourth-order valence-electron chi connectivity index (χ4n) is 3.45. The van der Waals surface area contributed by atoms with Crippen molar-refractivity contribution in [3.05, 3.63) is 18.7 Å². The molecule has 0 aromatic carbocycles. The van der Waals surface area contributed by atoms with Gasteiger partial charge in [-0.05, 0) is 6.42 Å². The van der Waals surface area contributed by atoms with Gasteiger partial charge in [-0.15, -0.1) is 0 Å². The molecule has 134 valence electrons. The van der Waals surface area contributed by atoms with Gasteiger partial charge in [0.25, 0.3) is 5.92 Å². The third-order valence-corrected chi connectivity index (χ3v) is 4.93. The molecule has 0 aliphatic carbocycles. The highest BCUT2D eigenvalue weighted by molar-refractivity contribution is 5.76. The Labute approximate surface area is 140 Å². The van der Waals surface area contributed by atoms with E-state index in [1.807, 2.05) is 9.47 Å². The molecule has 8 heteroatoms. The number of carbonyl (C=O) groups is 1. The molecule has 2 aliphatic heterocycles. The number of aromatic nitrogens is 2. The largest absolute Gasteiger partial charge is 0.387 e. The predicted molar refractivity (Wildman–Crippen MR) is 83.6 cm³/mol. The van der Waals surface area contributed by atoms with Crippen molar-refractivity contribution in [2.45, 2.75) is 43.8 Å². The number of piperidine rings is 1. The zero-order valence-corrected chi connectivity index (χ0v) is 13.7. The van der Waals surface area contributed by atoms with Gasteiger partial charge in [0.1, 0.15) is 0 Å². The number of β-amino-alcohol motifs (C(OH)–C–C–N with tert-alkyl or cyclic N) is 1. The van der Waals surface area contributed by atoms with E-state index in [2.05, 4.69) is 4.98 Å². The van der Waals surface area contributed by atoms with Gasteiger partial charge in [0.15, 0.2) is 0 Å². The van der Waals surface area contributed by atoms with Crippen LogP contribution in [-0.4, -0.2) is 74.6 Å². The monoisotopic (exact) mass is 342 g/mol. The zero-order chi connectivity index (χ0) is 17.2. The van der Waals surface area contributed by atoms with Crippen LogP contribution >= 0.6 is 0 Å². The van der Waals surface area contributed by atoms with Crippen LogP contribution in [0, 0.1) is 0 Å². The quantitative estimate of drug-likeness (QED) is 0.866. The van der Waals surface area contributed by atoms with Crippen molar-refractivity contribution >= 4 is 5.91 Å². The number of halogens is 2. The fraction of sp³-hybridized carbons (Fsp3) is 0.750. The van der Waals surface area contributed by atoms with Crippen molar-refractivity contribution in [2.24, 2.45) is 0 Å². The van der Waals surface area contributed by atoms with Gasteiger partial charge in [-0.3, -0.25) is 9.69 Å². The minimum Gasteiger partial charge on any atom is -0.387 e. The maximum atomic E-state index is 13.2. The molecule has 2 aliphatic rings. The van der Waals surface area contributed by atoms with Crippen LogP contribution in [0.15, 0.2) is 18.7 Å². The normalized spacial score (nSPS) is 27.5. The van der Waals surface area contributed by atoms with Gasteiger partial charge < -0.3 is 14.6 Å². The Morgan fingerprint density at radius 1 is 1.21 bits per heavy atom. The first-order valence-corrected chi connectivity index (χ1v) is 8.41. The molecule has 0 spiro atoms. The van der Waals surface area contributed by atoms with Gasteiger partial charge >= 0.3 is 0 Å². The molecule has 0 unspecified atom stereocenters. The molecule has 6 nitrogen and oxygen atoms in total. The van der Waals surface area contributed by atoms with E-state index < -0.39 is 11.5 Å². The summed E-state index contributed by atoms with van der Waals surface area (Å²) in [5.41, 5.74) is -0.989. The van der Waals surface area contributed by atoms with Crippen LogP contribution in [0.1, 0.15) is 25.7 Å². The predicted octanol–water partition coefficient (Wildman–Crippen LogP) is 0.968. The average molecular weight is 342 g/mol. The Hall–Kier alpha value is -1.54. The van der Waals surface area contributed by atoms with Crippen molar-refractivity contribution in [1.29, 1.82) is 0 Å². The second-order valence-corrected chi connectivity index (χ2v) is 6.97. The van der Waals surface area contributed by atoms with Gasteiger partial charge in [-0.25, -0.2) is 13.8 Å². The molecule has 2 saturated heterocycles. The first-order valence-electron chi connectivity index (χ1n) is 8.41. The van der Waals surface area contributed by atoms with Crippen molar-refractivity contribution in [1.82, 2.24) is 19.4 Å². The number of likely N-dealkylation sites (tertiary alicyclic amines) is 2. The number of imidazole rings is 1. The SMILES string of the molecule is O=C(CCn1ccnc1)N1CC[C@@](O)(CN2CCC(F)(F)CC2)C1. The summed E-state index contributed by atoms with van der Waals surface area (Å²) < 4.78 is 28.3. The molecule has 3 rings (SSSR count). The van der Waals surface area contributed by atoms with Gasteiger partial charge in [0, 0.05) is 64.4 Å². The average Bonchev–Trinajstić information content (AvgIpc) is 3.17. The number of hydrogen-bond acceptors (Lipinski definition) is 4. The van der Waals surface area contributed by atoms with Gasteiger partial charge in [0.2, 0.25) is 5.91 Å². The lowest BCUT2D eigenvalue weighted by atomic mass is 10.00. The molecular formula is C16H24F2N4O2. The Balaban J connectivity index is 1.46. The molecule has 1 aromatic heterocycles. The van der Waals surface area contributed by atoms with Crippen LogP contribution in [-0.2, 0) is 11.3 Å². The highest BCUT2D eigenvalue weighted by Crippen LogP contribution is 2.30. The molecule has 1 amide bonds. The van der Waals surface area contributed by atoms with E-state index in [1.165, 1.54) is 0 Å². The third-order valence-electron chi connectivity index (χ3n) is 4.93. The Bertz CT molecular complexity index is 556. The summed E-state index contributed by atoms with van der Waals surface area (Å²) in [5.74, 6) is -2.57. The zero-order valence-electron chi connectivity index (χ0n) is 13.7. The summed E-state index contributed by atoms with van der Waals surface area (Å²) >= 11 is 0. The summed E-state index contributed by atoms with van der Waals surface area (Å²) in [5, 5.41) is 10.7. The minimum absolute atomic E-state index is 0.00445. The van der Waals surface area contributed by atoms with Crippen molar-refractivity contribution in [3.63, 3.8) is 0 Å². The van der Waals surface area contributed by atoms with E-state index in [9.17, 15) is 18.7 Å². The van der Waals surface area contributed by atoms with Crippen LogP contribution in [0.4, 0.5) is 8.78 Å². The van der Waals surface area contributed by atoms with E-state index in [0.29, 0.717) is 45.6 Å². The van der Waals surface area contributed by atoms with E-state index in [1.54, 1.807) is 23.6 Å². The maximum absolute atomic E-state index is 13.2. The van der Waals surface area contributed by atoms with Crippen LogP contribution in [0.5, 0.6) is 0 Å². The number of alkyl halides is 2. The molecular weight excluding hydrogens is 318 g/mol. The number of aryl methyl sites for hydroxylation is 1. The second kappa shape index (κ2) is 6.76. The molecule has 3 heterocycles. The molecule has 1 aromatic rings. The number of rotatable bonds is 5. The first-order chi connectivity index (χ1) is 11.4. The second-order valence-electron chi connectivity index (χ2n) is 6.97. The smallest absolute Gasteiger partial charge is 0.250 e. The van der Waals surface area contributed by atoms with E-state index >= 15 is 0 Å². The van der Waals surface area contributed by atoms with Crippen LogP contribution in [0.2, 0.25) is 0 Å². The summed E-state index contributed by atoms with van der Waals surface area (Å²) in [6.07, 6.45) is 5.69. The topological polar surface area (TPSA) is 61.6 Å². The van der Waals surface area contributed by atoms with E-state index in [-0.39, 0.29) is 25.3 Å². The molecule has 1 N–H and O–H groups in total. The van der Waals surface area contributed by atoms with Crippen molar-refractivity contribution in [3.8, 4) is 0 Å². The number of hydrogen-bond donors (Lipinski definition) is 1. The third kappa shape index (κ3) is 4.30. The summed E-state index contributed by atoms with van der Waals surface area (Å²) in [6, 6.07) is 0. The van der Waals surface area contributed by atoms with Crippen LogP contribution < -0.4 is 0 Å². The molecule has 0 saturated carbocycles. The fourth-order valence-corrected chi connectivity index (χ4v) is 3.45. The lowest BCUT2D eigenvalue weighted by molar-refractivity contribution is -0.131. The summed E-state index contributed by atoms with van der Waals surface area (Å²) in [6.45, 7) is 2.31. The highest BCUT2D eigenvalue weighted by atomic mass is 19.3. The molecule has 0 bridgehead atoms. The van der Waals surface area contributed by atoms with E-state index in [0.717, 1.165) is 0 Å². The Morgan fingerprint density at radius 2 is 1.96 bits per heavy atom. The van der Waals surface area contributed by atoms with Gasteiger partial charge in [-0.1, -0.05) is 0 Å². The molecule has 24 heavy (non-hydrogen) atoms. The van der Waals surface area contributed by atoms with Crippen LogP contribution in [0.3, 0.4) is 0 Å². The lowest BCUT2D eigenvalue weighted by Crippen LogP contribution is -2.49. The number of nitrogens with zero attached hydrogens (tertiary/aromatic N) is 4. The van der Waals surface area contributed by atoms with Crippen LogP contribution in [0.25, 0.3) is 0 Å². The Morgan fingerprint density at radius 3 is 2.62 bits per heavy atom. The van der Waals surface area contributed by atoms with Crippen molar-refractivity contribution in [2.75, 3.05) is 32.7 Å². The maximum Gasteiger partial charge on any atom is 0.250 e.